The monoisotopic (exact) mass is 328 g/mol. The quantitative estimate of drug-likeness (QED) is 0.563. The molecule has 0 aliphatic heterocycles. The summed E-state index contributed by atoms with van der Waals surface area (Å²) in [5.74, 6) is 4.69. The number of hydrogen-bond donors (Lipinski definition) is 2. The molecule has 2 heteroatoms. The van der Waals surface area contributed by atoms with E-state index in [4.69, 9.17) is 6.42 Å². The van der Waals surface area contributed by atoms with Crippen molar-refractivity contribution in [3.8, 4) is 12.3 Å². The first-order valence-corrected chi connectivity index (χ1v) is 9.98. The van der Waals surface area contributed by atoms with Crippen molar-refractivity contribution >= 4 is 0 Å². The molecule has 0 radical (unpaired) electrons. The van der Waals surface area contributed by atoms with E-state index in [1.807, 2.05) is 0 Å². The van der Waals surface area contributed by atoms with Gasteiger partial charge in [-0.05, 0) is 81.0 Å². The first-order valence-electron chi connectivity index (χ1n) is 9.98. The maximum absolute atomic E-state index is 11.0. The van der Waals surface area contributed by atoms with Gasteiger partial charge in [0, 0.05) is 5.41 Å². The van der Waals surface area contributed by atoms with Crippen molar-refractivity contribution in [2.45, 2.75) is 83.3 Å². The summed E-state index contributed by atoms with van der Waals surface area (Å²) in [6.45, 7) is 4.59. The first kappa shape index (κ1) is 16.7. The molecule has 3 unspecified atom stereocenters. The second kappa shape index (κ2) is 5.36. The summed E-state index contributed by atoms with van der Waals surface area (Å²) in [6, 6.07) is 0. The lowest BCUT2D eigenvalue weighted by molar-refractivity contribution is -0.101. The van der Waals surface area contributed by atoms with E-state index in [0.717, 1.165) is 44.9 Å². The molecule has 0 heterocycles. The largest absolute Gasteiger partial charge is 0.393 e. The van der Waals surface area contributed by atoms with E-state index in [-0.39, 0.29) is 11.5 Å². The second-order valence-electron chi connectivity index (χ2n) is 9.25. The number of aliphatic hydroxyl groups excluding tert-OH is 1. The highest BCUT2D eigenvalue weighted by Crippen LogP contribution is 2.67. The zero-order valence-corrected chi connectivity index (χ0v) is 15.2. The Kier molecular flexibility index (Phi) is 3.72. The summed E-state index contributed by atoms with van der Waals surface area (Å²) >= 11 is 0. The minimum absolute atomic E-state index is 0.114. The van der Waals surface area contributed by atoms with Crippen LogP contribution in [0.25, 0.3) is 0 Å². The summed E-state index contributed by atoms with van der Waals surface area (Å²) < 4.78 is 0. The van der Waals surface area contributed by atoms with Crippen molar-refractivity contribution < 1.29 is 10.2 Å². The molecule has 2 N–H and O–H groups in total. The molecule has 0 saturated heterocycles. The molecule has 2 nitrogen and oxygen atoms in total. The Hall–Kier alpha value is -0.780. The average molecular weight is 328 g/mol. The molecule has 0 aromatic rings. The van der Waals surface area contributed by atoms with Crippen LogP contribution in [-0.2, 0) is 0 Å². The molecule has 3 saturated carbocycles. The van der Waals surface area contributed by atoms with Gasteiger partial charge in [0.2, 0.25) is 0 Å². The van der Waals surface area contributed by atoms with E-state index in [1.54, 1.807) is 5.57 Å². The van der Waals surface area contributed by atoms with Crippen LogP contribution >= 0.6 is 0 Å². The summed E-state index contributed by atoms with van der Waals surface area (Å²) in [4.78, 5) is 0. The van der Waals surface area contributed by atoms with Gasteiger partial charge in [-0.25, -0.2) is 0 Å². The Morgan fingerprint density at radius 3 is 2.67 bits per heavy atom. The van der Waals surface area contributed by atoms with E-state index in [9.17, 15) is 10.2 Å². The zero-order valence-electron chi connectivity index (χ0n) is 15.2. The molecule has 4 aliphatic carbocycles. The van der Waals surface area contributed by atoms with E-state index < -0.39 is 5.60 Å². The van der Waals surface area contributed by atoms with Gasteiger partial charge in [-0.1, -0.05) is 31.4 Å². The Labute approximate surface area is 146 Å². The molecule has 0 amide bonds. The molecule has 132 valence electrons. The fourth-order valence-electron chi connectivity index (χ4n) is 7.35. The maximum Gasteiger partial charge on any atom is 0.130 e. The maximum atomic E-state index is 11.0. The van der Waals surface area contributed by atoms with Gasteiger partial charge >= 0.3 is 0 Å². The predicted molar refractivity (Wildman–Crippen MR) is 96.1 cm³/mol. The lowest BCUT2D eigenvalue weighted by atomic mass is 9.46. The number of hydrogen-bond acceptors (Lipinski definition) is 2. The first-order chi connectivity index (χ1) is 11.4. The Balaban J connectivity index is 1.72. The van der Waals surface area contributed by atoms with Crippen molar-refractivity contribution in [1.29, 1.82) is 0 Å². The fraction of sp³-hybridized carbons (Fsp3) is 0.818. The third-order valence-electron chi connectivity index (χ3n) is 8.82. The van der Waals surface area contributed by atoms with Crippen LogP contribution in [0.5, 0.6) is 0 Å². The van der Waals surface area contributed by atoms with Gasteiger partial charge in [0.1, 0.15) is 5.60 Å². The molecular formula is C22H32O2. The van der Waals surface area contributed by atoms with Gasteiger partial charge in [0.25, 0.3) is 0 Å². The van der Waals surface area contributed by atoms with Crippen LogP contribution in [0.3, 0.4) is 0 Å². The van der Waals surface area contributed by atoms with Crippen LogP contribution < -0.4 is 0 Å². The van der Waals surface area contributed by atoms with Crippen LogP contribution in [0.15, 0.2) is 11.6 Å². The zero-order chi connectivity index (χ0) is 17.2. The lowest BCUT2D eigenvalue weighted by Gasteiger charge is -2.59. The number of terminal acetylenes is 1. The molecule has 7 atom stereocenters. The summed E-state index contributed by atoms with van der Waals surface area (Å²) in [5, 5.41) is 21.2. The molecule has 0 aromatic carbocycles. The highest BCUT2D eigenvalue weighted by molar-refractivity contribution is 5.29. The Morgan fingerprint density at radius 2 is 1.96 bits per heavy atom. The van der Waals surface area contributed by atoms with Crippen LogP contribution in [0.1, 0.15) is 71.6 Å². The fourth-order valence-corrected chi connectivity index (χ4v) is 7.35. The topological polar surface area (TPSA) is 40.5 Å². The minimum Gasteiger partial charge on any atom is -0.393 e. The molecule has 4 aliphatic rings. The smallest absolute Gasteiger partial charge is 0.130 e. The molecule has 0 aromatic heterocycles. The van der Waals surface area contributed by atoms with Crippen molar-refractivity contribution in [2.75, 3.05) is 0 Å². The van der Waals surface area contributed by atoms with Crippen LogP contribution in [-0.4, -0.2) is 21.9 Å². The molecule has 4 rings (SSSR count). The summed E-state index contributed by atoms with van der Waals surface area (Å²) in [6.07, 6.45) is 17.4. The lowest BCUT2D eigenvalue weighted by Crippen LogP contribution is -2.54. The van der Waals surface area contributed by atoms with E-state index >= 15 is 0 Å². The molecule has 3 fully saturated rings. The van der Waals surface area contributed by atoms with E-state index in [2.05, 4.69) is 25.8 Å². The van der Waals surface area contributed by atoms with Gasteiger partial charge in [-0.2, -0.15) is 0 Å². The van der Waals surface area contributed by atoms with Crippen LogP contribution in [0, 0.1) is 40.9 Å². The van der Waals surface area contributed by atoms with Crippen molar-refractivity contribution in [3.05, 3.63) is 11.6 Å². The third-order valence-corrected chi connectivity index (χ3v) is 8.82. The van der Waals surface area contributed by atoms with Gasteiger partial charge in [-0.3, -0.25) is 0 Å². The van der Waals surface area contributed by atoms with Gasteiger partial charge in [0.15, 0.2) is 0 Å². The van der Waals surface area contributed by atoms with E-state index in [0.29, 0.717) is 23.2 Å². The van der Waals surface area contributed by atoms with Crippen molar-refractivity contribution in [1.82, 2.24) is 0 Å². The van der Waals surface area contributed by atoms with Crippen molar-refractivity contribution in [2.24, 2.45) is 28.6 Å². The molecular weight excluding hydrogens is 296 g/mol. The summed E-state index contributed by atoms with van der Waals surface area (Å²) in [7, 11) is 0. The Bertz CT molecular complexity index is 602. The normalized spacial score (nSPS) is 53.4. The number of rotatable bonds is 1. The standard InChI is InChI=1S/C22H32O2/c1-4-21-12-8-16(23)14-15(21)6-7-17-18-10-13-22(24,5-2)20(18,3)11-9-19(17)21/h2,6,16-19,23-24H,4,7-14H2,1,3H3/t16-,17?,18?,19?,20-,21-,22-/m0/s1. The summed E-state index contributed by atoms with van der Waals surface area (Å²) in [5.41, 5.74) is 0.825. The van der Waals surface area contributed by atoms with Crippen LogP contribution in [0.4, 0.5) is 0 Å². The Morgan fingerprint density at radius 1 is 1.21 bits per heavy atom. The van der Waals surface area contributed by atoms with Gasteiger partial charge in [0.05, 0.1) is 6.10 Å². The predicted octanol–water partition coefficient (Wildman–Crippen LogP) is 4.06. The molecule has 0 bridgehead atoms. The highest BCUT2D eigenvalue weighted by atomic mass is 16.3. The molecule has 0 spiro atoms. The van der Waals surface area contributed by atoms with Gasteiger partial charge in [-0.15, -0.1) is 6.42 Å². The third kappa shape index (κ3) is 1.92. The number of aliphatic hydroxyl groups is 2. The van der Waals surface area contributed by atoms with E-state index in [1.165, 1.54) is 12.8 Å². The average Bonchev–Trinajstić information content (AvgIpc) is 2.86. The number of allylic oxidation sites excluding steroid dienone is 1. The number of fused-ring (bicyclic) bond motifs is 5. The highest BCUT2D eigenvalue weighted by Gasteiger charge is 2.63. The SMILES string of the molecule is C#C[C@]1(O)CCC2C3CC=C4C[C@@H](O)CC[C@]4(CC)C3CC[C@@]21C. The molecule has 24 heavy (non-hydrogen) atoms. The minimum atomic E-state index is -0.908. The van der Waals surface area contributed by atoms with Gasteiger partial charge < -0.3 is 10.2 Å². The second-order valence-corrected chi connectivity index (χ2v) is 9.25. The van der Waals surface area contributed by atoms with Crippen LogP contribution in [0.2, 0.25) is 0 Å². The van der Waals surface area contributed by atoms with Crippen molar-refractivity contribution in [3.63, 3.8) is 0 Å².